The first kappa shape index (κ1) is 14.2. The van der Waals surface area contributed by atoms with Crippen molar-refractivity contribution in [1.29, 1.82) is 0 Å². The topological polar surface area (TPSA) is 72.1 Å². The number of rotatable bonds is 4. The number of hydrogen-bond acceptors (Lipinski definition) is 4. The van der Waals surface area contributed by atoms with Gasteiger partial charge in [0.1, 0.15) is 5.75 Å². The predicted molar refractivity (Wildman–Crippen MR) is 79.1 cm³/mol. The van der Waals surface area contributed by atoms with E-state index in [1.807, 2.05) is 0 Å². The zero-order valence-corrected chi connectivity index (χ0v) is 11.9. The van der Waals surface area contributed by atoms with Crippen LogP contribution in [-0.4, -0.2) is 27.8 Å². The lowest BCUT2D eigenvalue weighted by atomic mass is 10.1. The first-order valence-corrected chi connectivity index (χ1v) is 7.41. The third-order valence-electron chi connectivity index (χ3n) is 2.67. The molecule has 0 spiro atoms. The summed E-state index contributed by atoms with van der Waals surface area (Å²) < 4.78 is 16.8. The number of nitrogens with zero attached hydrogens (tertiary/aromatic N) is 1. The molecule has 1 aromatic heterocycles. The third-order valence-corrected chi connectivity index (χ3v) is 3.59. The van der Waals surface area contributed by atoms with Gasteiger partial charge in [0.2, 0.25) is 0 Å². The second-order valence-electron chi connectivity index (χ2n) is 4.04. The van der Waals surface area contributed by atoms with Crippen LogP contribution in [0.4, 0.5) is 0 Å². The van der Waals surface area contributed by atoms with Gasteiger partial charge in [-0.2, -0.15) is 5.10 Å². The molecule has 1 aromatic carbocycles. The maximum Gasteiger partial charge on any atom is 0.264 e. The Labute approximate surface area is 118 Å². The molecule has 5 nitrogen and oxygen atoms in total. The zero-order valence-electron chi connectivity index (χ0n) is 11.1. The zero-order chi connectivity index (χ0) is 14.5. The highest BCUT2D eigenvalue weighted by atomic mass is 32.2. The van der Waals surface area contributed by atoms with Crippen LogP contribution in [0.15, 0.2) is 40.0 Å². The van der Waals surface area contributed by atoms with Gasteiger partial charge in [0.25, 0.3) is 5.56 Å². The normalized spacial score (nSPS) is 12.5. The molecule has 0 saturated carbocycles. The van der Waals surface area contributed by atoms with E-state index in [0.717, 1.165) is 10.5 Å². The van der Waals surface area contributed by atoms with E-state index in [9.17, 15) is 9.00 Å². The van der Waals surface area contributed by atoms with Crippen LogP contribution in [-0.2, 0) is 10.8 Å². The molecule has 0 bridgehead atoms. The Kier molecular flexibility index (Phi) is 4.47. The first-order valence-electron chi connectivity index (χ1n) is 5.85. The Morgan fingerprint density at radius 2 is 2.05 bits per heavy atom. The molecule has 1 heterocycles. The van der Waals surface area contributed by atoms with Crippen molar-refractivity contribution in [2.45, 2.75) is 4.90 Å². The van der Waals surface area contributed by atoms with E-state index in [2.05, 4.69) is 10.2 Å². The minimum Gasteiger partial charge on any atom is -0.496 e. The van der Waals surface area contributed by atoms with Crippen LogP contribution in [0.3, 0.4) is 0 Å². The van der Waals surface area contributed by atoms with Gasteiger partial charge in [-0.1, -0.05) is 0 Å². The lowest BCUT2D eigenvalue weighted by Crippen LogP contribution is -2.05. The van der Waals surface area contributed by atoms with Crippen LogP contribution in [0.2, 0.25) is 0 Å². The van der Waals surface area contributed by atoms with Crippen LogP contribution < -0.4 is 10.3 Å². The summed E-state index contributed by atoms with van der Waals surface area (Å²) in [6, 6.07) is 8.36. The van der Waals surface area contributed by atoms with Gasteiger partial charge >= 0.3 is 0 Å². The van der Waals surface area contributed by atoms with Crippen molar-refractivity contribution < 1.29 is 8.95 Å². The number of H-pyrrole nitrogens is 1. The molecule has 2 rings (SSSR count). The minimum atomic E-state index is -1.05. The van der Waals surface area contributed by atoms with Gasteiger partial charge in [-0.25, -0.2) is 5.10 Å². The van der Waals surface area contributed by atoms with E-state index in [1.165, 1.54) is 6.07 Å². The fourth-order valence-corrected chi connectivity index (χ4v) is 2.20. The van der Waals surface area contributed by atoms with E-state index in [1.54, 1.807) is 49.8 Å². The molecule has 0 saturated heterocycles. The molecular formula is C14H14N2O3S. The lowest BCUT2D eigenvalue weighted by Gasteiger charge is -2.06. The van der Waals surface area contributed by atoms with E-state index >= 15 is 0 Å². The summed E-state index contributed by atoms with van der Waals surface area (Å²) in [7, 11) is 0.524. The first-order chi connectivity index (χ1) is 9.60. The standard InChI is InChI=1S/C14H14N2O3S/c1-19-13-7-6-12(20(2)18)9-10(13)3-4-11-5-8-14(17)16-15-11/h3-9H,1-2H3,(H,16,17). The average molecular weight is 290 g/mol. The van der Waals surface area contributed by atoms with Gasteiger partial charge in [0.05, 0.1) is 12.8 Å². The van der Waals surface area contributed by atoms with Crippen molar-refractivity contribution in [3.8, 4) is 5.75 Å². The number of nitrogens with one attached hydrogen (secondary N) is 1. The number of hydrogen-bond donors (Lipinski definition) is 1. The molecule has 20 heavy (non-hydrogen) atoms. The molecule has 6 heteroatoms. The summed E-state index contributed by atoms with van der Waals surface area (Å²) in [4.78, 5) is 11.6. The fourth-order valence-electron chi connectivity index (χ4n) is 1.64. The molecule has 104 valence electrons. The second-order valence-corrected chi connectivity index (χ2v) is 5.42. The van der Waals surface area contributed by atoms with Crippen molar-refractivity contribution >= 4 is 23.0 Å². The predicted octanol–water partition coefficient (Wildman–Crippen LogP) is 1.69. The molecule has 0 amide bonds. The highest BCUT2D eigenvalue weighted by molar-refractivity contribution is 7.84. The molecular weight excluding hydrogens is 276 g/mol. The van der Waals surface area contributed by atoms with Crippen molar-refractivity contribution in [2.75, 3.05) is 13.4 Å². The highest BCUT2D eigenvalue weighted by Gasteiger charge is 2.04. The Morgan fingerprint density at radius 3 is 2.65 bits per heavy atom. The van der Waals surface area contributed by atoms with Crippen LogP contribution >= 0.6 is 0 Å². The molecule has 1 unspecified atom stereocenters. The van der Waals surface area contributed by atoms with E-state index in [0.29, 0.717) is 11.4 Å². The number of methoxy groups -OCH3 is 1. The average Bonchev–Trinajstić information content (AvgIpc) is 2.46. The second kappa shape index (κ2) is 6.29. The summed E-state index contributed by atoms with van der Waals surface area (Å²) in [5.41, 5.74) is 1.17. The van der Waals surface area contributed by atoms with Gasteiger partial charge in [0, 0.05) is 33.6 Å². The SMILES string of the molecule is COc1ccc(S(C)=O)cc1C=Cc1ccc(=O)[nH]n1. The Hall–Kier alpha value is -2.21. The Bertz CT molecular complexity index is 702. The largest absolute Gasteiger partial charge is 0.496 e. The fraction of sp³-hybridized carbons (Fsp3) is 0.143. The molecule has 1 atom stereocenters. The van der Waals surface area contributed by atoms with Crippen LogP contribution in [0.5, 0.6) is 5.75 Å². The summed E-state index contributed by atoms with van der Waals surface area (Å²) in [6.07, 6.45) is 5.17. The van der Waals surface area contributed by atoms with Gasteiger partial charge in [0.15, 0.2) is 0 Å². The van der Waals surface area contributed by atoms with Crippen molar-refractivity contribution in [3.05, 3.63) is 51.9 Å². The summed E-state index contributed by atoms with van der Waals surface area (Å²) >= 11 is 0. The maximum absolute atomic E-state index is 11.5. The molecule has 0 aliphatic rings. The number of benzene rings is 1. The van der Waals surface area contributed by atoms with Gasteiger partial charge in [-0.05, 0) is 36.4 Å². The van der Waals surface area contributed by atoms with Crippen LogP contribution in [0.1, 0.15) is 11.3 Å². The molecule has 0 aliphatic heterocycles. The van der Waals surface area contributed by atoms with E-state index < -0.39 is 10.8 Å². The smallest absolute Gasteiger partial charge is 0.264 e. The Morgan fingerprint density at radius 1 is 1.25 bits per heavy atom. The molecule has 0 radical (unpaired) electrons. The maximum atomic E-state index is 11.5. The summed E-state index contributed by atoms with van der Waals surface area (Å²) in [6.45, 7) is 0. The van der Waals surface area contributed by atoms with Crippen molar-refractivity contribution in [1.82, 2.24) is 10.2 Å². The molecule has 0 fully saturated rings. The highest BCUT2D eigenvalue weighted by Crippen LogP contribution is 2.23. The number of ether oxygens (including phenoxy) is 1. The molecule has 2 aromatic rings. The lowest BCUT2D eigenvalue weighted by molar-refractivity contribution is 0.413. The summed E-state index contributed by atoms with van der Waals surface area (Å²) in [5, 5.41) is 6.24. The summed E-state index contributed by atoms with van der Waals surface area (Å²) in [5.74, 6) is 0.680. The van der Waals surface area contributed by atoms with E-state index in [-0.39, 0.29) is 5.56 Å². The van der Waals surface area contributed by atoms with Gasteiger partial charge in [-0.15, -0.1) is 0 Å². The van der Waals surface area contributed by atoms with Gasteiger partial charge in [-0.3, -0.25) is 9.00 Å². The molecule has 0 aliphatic carbocycles. The van der Waals surface area contributed by atoms with Crippen LogP contribution in [0.25, 0.3) is 12.2 Å². The van der Waals surface area contributed by atoms with Crippen molar-refractivity contribution in [2.24, 2.45) is 0 Å². The van der Waals surface area contributed by atoms with Gasteiger partial charge < -0.3 is 4.74 Å². The van der Waals surface area contributed by atoms with Crippen LogP contribution in [0, 0.1) is 0 Å². The minimum absolute atomic E-state index is 0.247. The molecule has 1 N–H and O–H groups in total. The monoisotopic (exact) mass is 290 g/mol. The quantitative estimate of drug-likeness (QED) is 0.930. The van der Waals surface area contributed by atoms with E-state index in [4.69, 9.17) is 4.74 Å². The number of aromatic nitrogens is 2. The Balaban J connectivity index is 2.35. The third kappa shape index (κ3) is 3.42. The number of aromatic amines is 1. The van der Waals surface area contributed by atoms with Crippen molar-refractivity contribution in [3.63, 3.8) is 0 Å².